The van der Waals surface area contributed by atoms with Crippen molar-refractivity contribution >= 4 is 39.9 Å². The third-order valence-corrected chi connectivity index (χ3v) is 5.62. The van der Waals surface area contributed by atoms with Gasteiger partial charge in [0.15, 0.2) is 5.82 Å². The van der Waals surface area contributed by atoms with E-state index in [0.29, 0.717) is 5.02 Å². The Morgan fingerprint density at radius 3 is 2.79 bits per heavy atom. The molecule has 0 unspecified atom stereocenters. The zero-order chi connectivity index (χ0) is 19.7. The van der Waals surface area contributed by atoms with Gasteiger partial charge < -0.3 is 10.2 Å². The molecule has 7 heteroatoms. The van der Waals surface area contributed by atoms with E-state index < -0.39 is 0 Å². The number of hydrogen-bond acceptors (Lipinski definition) is 4. The van der Waals surface area contributed by atoms with Crippen molar-refractivity contribution in [2.45, 2.75) is 33.2 Å². The number of carbonyl (C=O) groups excluding carboxylic acids is 1. The van der Waals surface area contributed by atoms with Gasteiger partial charge >= 0.3 is 0 Å². The maximum atomic E-state index is 12.6. The fourth-order valence-corrected chi connectivity index (χ4v) is 4.09. The molecule has 0 saturated carbocycles. The number of pyridine rings is 1. The van der Waals surface area contributed by atoms with Crippen LogP contribution in [0.15, 0.2) is 36.5 Å². The molecule has 1 fully saturated rings. The number of carbonyl (C=O) groups is 1. The second kappa shape index (κ2) is 7.80. The van der Waals surface area contributed by atoms with Crippen molar-refractivity contribution in [1.82, 2.24) is 14.8 Å². The number of anilines is 2. The van der Waals surface area contributed by atoms with Crippen molar-refractivity contribution in [3.8, 4) is 0 Å². The molecular weight excluding hydrogens is 374 g/mol. The number of hydrogen-bond donors (Lipinski definition) is 1. The number of nitrogens with zero attached hydrogens (tertiary/aromatic N) is 4. The summed E-state index contributed by atoms with van der Waals surface area (Å²) in [5.74, 6) is 1.02. The molecule has 1 saturated heterocycles. The van der Waals surface area contributed by atoms with Crippen molar-refractivity contribution in [2.75, 3.05) is 23.3 Å². The molecule has 1 N–H and O–H groups in total. The lowest BCUT2D eigenvalue weighted by Gasteiger charge is -2.32. The van der Waals surface area contributed by atoms with Gasteiger partial charge in [0.25, 0.3) is 0 Å². The van der Waals surface area contributed by atoms with Crippen LogP contribution in [0, 0.1) is 12.8 Å². The lowest BCUT2D eigenvalue weighted by atomic mass is 9.95. The second-order valence-electron chi connectivity index (χ2n) is 7.19. The summed E-state index contributed by atoms with van der Waals surface area (Å²) in [6.45, 7) is 6.53. The standard InChI is InChI=1S/C21H24ClN5O/c1-3-27-19-18(14(2)25-27)7-10-23-20(19)26-11-8-15(9-12-26)21(28)24-17-6-4-5-16(22)13-17/h4-7,10,13,15H,3,8-9,11-12H2,1-2H3,(H,24,28). The first-order chi connectivity index (χ1) is 13.6. The van der Waals surface area contributed by atoms with E-state index in [1.807, 2.05) is 36.0 Å². The van der Waals surface area contributed by atoms with Gasteiger partial charge in [-0.3, -0.25) is 9.48 Å². The molecule has 0 bridgehead atoms. The number of aryl methyl sites for hydroxylation is 2. The molecule has 0 radical (unpaired) electrons. The minimum absolute atomic E-state index is 0.00717. The van der Waals surface area contributed by atoms with Crippen LogP contribution in [0.1, 0.15) is 25.5 Å². The molecule has 0 atom stereocenters. The first-order valence-corrected chi connectivity index (χ1v) is 10.1. The predicted molar refractivity (Wildman–Crippen MR) is 113 cm³/mol. The van der Waals surface area contributed by atoms with E-state index in [0.717, 1.165) is 60.6 Å². The average molecular weight is 398 g/mol. The van der Waals surface area contributed by atoms with Crippen LogP contribution in [0.25, 0.3) is 10.9 Å². The lowest BCUT2D eigenvalue weighted by molar-refractivity contribution is -0.120. The van der Waals surface area contributed by atoms with Crippen LogP contribution in [-0.2, 0) is 11.3 Å². The number of nitrogens with one attached hydrogen (secondary N) is 1. The van der Waals surface area contributed by atoms with Gasteiger partial charge in [0.05, 0.1) is 5.69 Å². The molecule has 1 aliphatic heterocycles. The van der Waals surface area contributed by atoms with Crippen LogP contribution < -0.4 is 10.2 Å². The molecule has 0 spiro atoms. The fourth-order valence-electron chi connectivity index (χ4n) is 3.90. The van der Waals surface area contributed by atoms with Crippen LogP contribution in [0.2, 0.25) is 5.02 Å². The number of piperidine rings is 1. The van der Waals surface area contributed by atoms with Crippen molar-refractivity contribution in [2.24, 2.45) is 5.92 Å². The fraction of sp³-hybridized carbons (Fsp3) is 0.381. The zero-order valence-electron chi connectivity index (χ0n) is 16.2. The molecule has 6 nitrogen and oxygen atoms in total. The summed E-state index contributed by atoms with van der Waals surface area (Å²) in [4.78, 5) is 19.6. The summed E-state index contributed by atoms with van der Waals surface area (Å²) >= 11 is 6.00. The third kappa shape index (κ3) is 3.56. The quantitative estimate of drug-likeness (QED) is 0.714. The Hall–Kier alpha value is -2.60. The van der Waals surface area contributed by atoms with E-state index in [4.69, 9.17) is 11.6 Å². The lowest BCUT2D eigenvalue weighted by Crippen LogP contribution is -2.38. The van der Waals surface area contributed by atoms with E-state index in [1.54, 1.807) is 12.1 Å². The number of amides is 1. The number of fused-ring (bicyclic) bond motifs is 1. The molecule has 4 rings (SSSR count). The van der Waals surface area contributed by atoms with E-state index in [9.17, 15) is 4.79 Å². The van der Waals surface area contributed by atoms with Crippen LogP contribution in [0.3, 0.4) is 0 Å². The van der Waals surface area contributed by atoms with Gasteiger partial charge in [-0.05, 0) is 51.0 Å². The molecule has 1 aliphatic rings. The molecule has 28 heavy (non-hydrogen) atoms. The summed E-state index contributed by atoms with van der Waals surface area (Å²) < 4.78 is 2.02. The Balaban J connectivity index is 1.47. The van der Waals surface area contributed by atoms with Crippen LogP contribution in [-0.4, -0.2) is 33.8 Å². The van der Waals surface area contributed by atoms with Gasteiger partial charge in [-0.25, -0.2) is 4.98 Å². The first kappa shape index (κ1) is 18.7. The maximum absolute atomic E-state index is 12.6. The Labute approximate surface area is 169 Å². The molecule has 2 aromatic heterocycles. The molecular formula is C21H24ClN5O. The van der Waals surface area contributed by atoms with E-state index in [2.05, 4.69) is 27.2 Å². The van der Waals surface area contributed by atoms with Crippen LogP contribution >= 0.6 is 11.6 Å². The van der Waals surface area contributed by atoms with Crippen LogP contribution in [0.5, 0.6) is 0 Å². The summed E-state index contributed by atoms with van der Waals surface area (Å²) in [6, 6.07) is 9.29. The molecule has 3 heterocycles. The van der Waals surface area contributed by atoms with Gasteiger partial charge in [-0.2, -0.15) is 5.10 Å². The normalized spacial score (nSPS) is 15.2. The van der Waals surface area contributed by atoms with Gasteiger partial charge in [0, 0.05) is 47.8 Å². The Kier molecular flexibility index (Phi) is 5.22. The van der Waals surface area contributed by atoms with E-state index in [-0.39, 0.29) is 11.8 Å². The molecule has 1 aromatic carbocycles. The highest BCUT2D eigenvalue weighted by molar-refractivity contribution is 6.30. The topological polar surface area (TPSA) is 63.1 Å². The van der Waals surface area contributed by atoms with Gasteiger partial charge in [-0.15, -0.1) is 0 Å². The zero-order valence-corrected chi connectivity index (χ0v) is 16.9. The van der Waals surface area contributed by atoms with Gasteiger partial charge in [-0.1, -0.05) is 17.7 Å². The minimum Gasteiger partial charge on any atom is -0.355 e. The summed E-state index contributed by atoms with van der Waals surface area (Å²) in [5.41, 5.74) is 2.86. The minimum atomic E-state index is -0.00717. The molecule has 3 aromatic rings. The SMILES string of the molecule is CCn1nc(C)c2ccnc(N3CCC(C(=O)Nc4cccc(Cl)c4)CC3)c21. The first-order valence-electron chi connectivity index (χ1n) is 9.70. The van der Waals surface area contributed by atoms with Crippen molar-refractivity contribution in [1.29, 1.82) is 0 Å². The highest BCUT2D eigenvalue weighted by Crippen LogP contribution is 2.30. The third-order valence-electron chi connectivity index (χ3n) is 5.38. The second-order valence-corrected chi connectivity index (χ2v) is 7.63. The van der Waals surface area contributed by atoms with Crippen molar-refractivity contribution in [3.05, 3.63) is 47.2 Å². The summed E-state index contributed by atoms with van der Waals surface area (Å²) in [5, 5.41) is 9.39. The number of rotatable bonds is 4. The van der Waals surface area contributed by atoms with Crippen LogP contribution in [0.4, 0.5) is 11.5 Å². The highest BCUT2D eigenvalue weighted by atomic mass is 35.5. The van der Waals surface area contributed by atoms with Gasteiger partial charge in [0.2, 0.25) is 5.91 Å². The summed E-state index contributed by atoms with van der Waals surface area (Å²) in [7, 11) is 0. The molecule has 146 valence electrons. The Morgan fingerprint density at radius 2 is 2.07 bits per heavy atom. The van der Waals surface area contributed by atoms with Crippen molar-refractivity contribution < 1.29 is 4.79 Å². The smallest absolute Gasteiger partial charge is 0.227 e. The monoisotopic (exact) mass is 397 g/mol. The highest BCUT2D eigenvalue weighted by Gasteiger charge is 2.27. The Morgan fingerprint density at radius 1 is 1.29 bits per heavy atom. The van der Waals surface area contributed by atoms with Crippen molar-refractivity contribution in [3.63, 3.8) is 0 Å². The van der Waals surface area contributed by atoms with E-state index >= 15 is 0 Å². The Bertz CT molecular complexity index is 1010. The van der Waals surface area contributed by atoms with E-state index in [1.165, 1.54) is 0 Å². The summed E-state index contributed by atoms with van der Waals surface area (Å²) in [6.07, 6.45) is 3.44. The number of aromatic nitrogens is 3. The molecule has 0 aliphatic carbocycles. The van der Waals surface area contributed by atoms with Gasteiger partial charge in [0.1, 0.15) is 5.52 Å². The maximum Gasteiger partial charge on any atom is 0.227 e. The number of benzene rings is 1. The number of halogens is 1. The predicted octanol–water partition coefficient (Wildman–Crippen LogP) is 4.27. The molecule has 1 amide bonds. The average Bonchev–Trinajstić information content (AvgIpc) is 3.04. The largest absolute Gasteiger partial charge is 0.355 e.